The minimum absolute atomic E-state index is 0.219. The molecular formula is C14H18N4O2. The number of hydrogen-bond donors (Lipinski definition) is 2. The summed E-state index contributed by atoms with van der Waals surface area (Å²) in [5, 5.41) is 5.57. The second-order valence-electron chi connectivity index (χ2n) is 4.27. The number of ether oxygens (including phenoxy) is 1. The molecule has 2 aromatic rings. The van der Waals surface area contributed by atoms with Gasteiger partial charge in [0, 0.05) is 37.2 Å². The summed E-state index contributed by atoms with van der Waals surface area (Å²) in [5.41, 5.74) is 0.705. The molecule has 0 aliphatic heterocycles. The molecule has 0 aliphatic carbocycles. The van der Waals surface area contributed by atoms with E-state index < -0.39 is 0 Å². The fraction of sp³-hybridized carbons (Fsp3) is 0.286. The Kier molecular flexibility index (Phi) is 5.00. The van der Waals surface area contributed by atoms with Gasteiger partial charge in [0.1, 0.15) is 5.75 Å². The molecule has 0 unspecified atom stereocenters. The summed E-state index contributed by atoms with van der Waals surface area (Å²) in [4.78, 5) is 15.7. The van der Waals surface area contributed by atoms with E-state index in [9.17, 15) is 4.79 Å². The quantitative estimate of drug-likeness (QED) is 0.793. The van der Waals surface area contributed by atoms with Crippen LogP contribution in [0.2, 0.25) is 0 Å². The number of amides is 2. The molecule has 106 valence electrons. The number of urea groups is 1. The Bertz CT molecular complexity index is 540. The van der Waals surface area contributed by atoms with Gasteiger partial charge in [-0.3, -0.25) is 0 Å². The first kappa shape index (κ1) is 13.9. The zero-order chi connectivity index (χ0) is 14.2. The van der Waals surface area contributed by atoms with Crippen LogP contribution in [0.3, 0.4) is 0 Å². The SMILES string of the molecule is COc1cccc(NC(=O)NCCCn2ccnc2)c1. The Morgan fingerprint density at radius 3 is 3.10 bits per heavy atom. The second kappa shape index (κ2) is 7.18. The molecule has 0 fully saturated rings. The number of aryl methyl sites for hydroxylation is 1. The number of nitrogens with zero attached hydrogens (tertiary/aromatic N) is 2. The van der Waals surface area contributed by atoms with Crippen LogP contribution in [0, 0.1) is 0 Å². The van der Waals surface area contributed by atoms with Gasteiger partial charge in [-0.15, -0.1) is 0 Å². The first-order valence-electron chi connectivity index (χ1n) is 6.42. The Morgan fingerprint density at radius 1 is 1.45 bits per heavy atom. The van der Waals surface area contributed by atoms with Crippen molar-refractivity contribution >= 4 is 11.7 Å². The number of carbonyl (C=O) groups is 1. The van der Waals surface area contributed by atoms with Gasteiger partial charge < -0.3 is 19.9 Å². The van der Waals surface area contributed by atoms with Gasteiger partial charge in [-0.25, -0.2) is 9.78 Å². The van der Waals surface area contributed by atoms with Crippen LogP contribution < -0.4 is 15.4 Å². The van der Waals surface area contributed by atoms with E-state index in [1.807, 2.05) is 29.0 Å². The third-order valence-corrected chi connectivity index (χ3v) is 2.77. The first-order valence-corrected chi connectivity index (χ1v) is 6.42. The normalized spacial score (nSPS) is 10.1. The third-order valence-electron chi connectivity index (χ3n) is 2.77. The fourth-order valence-electron chi connectivity index (χ4n) is 1.76. The molecule has 2 amide bonds. The van der Waals surface area contributed by atoms with Crippen molar-refractivity contribution < 1.29 is 9.53 Å². The number of rotatable bonds is 6. The number of carbonyl (C=O) groups excluding carboxylic acids is 1. The summed E-state index contributed by atoms with van der Waals surface area (Å²) in [6.07, 6.45) is 6.25. The minimum Gasteiger partial charge on any atom is -0.497 e. The summed E-state index contributed by atoms with van der Waals surface area (Å²) in [6.45, 7) is 1.44. The molecule has 0 atom stereocenters. The fourth-order valence-corrected chi connectivity index (χ4v) is 1.76. The molecule has 2 rings (SSSR count). The number of imidazole rings is 1. The molecule has 1 aromatic carbocycles. The number of anilines is 1. The highest BCUT2D eigenvalue weighted by Crippen LogP contribution is 2.16. The first-order chi connectivity index (χ1) is 9.78. The number of nitrogens with one attached hydrogen (secondary N) is 2. The molecule has 1 heterocycles. The van der Waals surface area contributed by atoms with Gasteiger partial charge in [0.05, 0.1) is 13.4 Å². The average Bonchev–Trinajstić information content (AvgIpc) is 2.97. The smallest absolute Gasteiger partial charge is 0.319 e. The van der Waals surface area contributed by atoms with Crippen molar-refractivity contribution in [3.63, 3.8) is 0 Å². The van der Waals surface area contributed by atoms with E-state index in [2.05, 4.69) is 15.6 Å². The lowest BCUT2D eigenvalue weighted by molar-refractivity contribution is 0.252. The molecule has 0 saturated carbocycles. The topological polar surface area (TPSA) is 68.2 Å². The maximum atomic E-state index is 11.7. The van der Waals surface area contributed by atoms with Gasteiger partial charge >= 0.3 is 6.03 Å². The molecular weight excluding hydrogens is 256 g/mol. The maximum Gasteiger partial charge on any atom is 0.319 e. The Morgan fingerprint density at radius 2 is 2.35 bits per heavy atom. The van der Waals surface area contributed by atoms with Gasteiger partial charge in [0.25, 0.3) is 0 Å². The van der Waals surface area contributed by atoms with Crippen molar-refractivity contribution in [3.05, 3.63) is 43.0 Å². The van der Waals surface area contributed by atoms with Gasteiger partial charge in [-0.2, -0.15) is 0 Å². The highest BCUT2D eigenvalue weighted by atomic mass is 16.5. The van der Waals surface area contributed by atoms with Gasteiger partial charge in [-0.05, 0) is 18.6 Å². The standard InChI is InChI=1S/C14H18N4O2/c1-20-13-5-2-4-12(10-13)17-14(19)16-6-3-8-18-9-7-15-11-18/h2,4-5,7,9-11H,3,6,8H2,1H3,(H2,16,17,19). The zero-order valence-electron chi connectivity index (χ0n) is 11.4. The van der Waals surface area contributed by atoms with Gasteiger partial charge in [-0.1, -0.05) is 6.07 Å². The van der Waals surface area contributed by atoms with Gasteiger partial charge in [0.2, 0.25) is 0 Å². The van der Waals surface area contributed by atoms with Crippen LogP contribution in [0.15, 0.2) is 43.0 Å². The lowest BCUT2D eigenvalue weighted by atomic mass is 10.3. The average molecular weight is 274 g/mol. The van der Waals surface area contributed by atoms with Crippen LogP contribution in [-0.4, -0.2) is 29.2 Å². The number of hydrogen-bond acceptors (Lipinski definition) is 3. The Balaban J connectivity index is 1.69. The molecule has 1 aromatic heterocycles. The van der Waals surface area contributed by atoms with Gasteiger partial charge in [0.15, 0.2) is 0 Å². The lowest BCUT2D eigenvalue weighted by Crippen LogP contribution is -2.30. The molecule has 0 spiro atoms. The maximum absolute atomic E-state index is 11.7. The molecule has 6 nitrogen and oxygen atoms in total. The third kappa shape index (κ3) is 4.31. The van der Waals surface area contributed by atoms with Crippen molar-refractivity contribution in [2.75, 3.05) is 19.0 Å². The lowest BCUT2D eigenvalue weighted by Gasteiger charge is -2.09. The Hall–Kier alpha value is -2.50. The largest absolute Gasteiger partial charge is 0.497 e. The highest BCUT2D eigenvalue weighted by Gasteiger charge is 2.01. The van der Waals surface area contributed by atoms with E-state index in [0.29, 0.717) is 18.0 Å². The summed E-state index contributed by atoms with van der Waals surface area (Å²) in [5.74, 6) is 0.711. The number of methoxy groups -OCH3 is 1. The number of aromatic nitrogens is 2. The molecule has 0 radical (unpaired) electrons. The Labute approximate surface area is 117 Å². The molecule has 20 heavy (non-hydrogen) atoms. The van der Waals surface area contributed by atoms with E-state index in [1.165, 1.54) is 0 Å². The van der Waals surface area contributed by atoms with E-state index in [1.54, 1.807) is 25.7 Å². The molecule has 0 aliphatic rings. The van der Waals surface area contributed by atoms with Crippen LogP contribution in [0.4, 0.5) is 10.5 Å². The van der Waals surface area contributed by atoms with Crippen LogP contribution in [0.5, 0.6) is 5.75 Å². The minimum atomic E-state index is -0.219. The molecule has 2 N–H and O–H groups in total. The van der Waals surface area contributed by atoms with Crippen LogP contribution >= 0.6 is 0 Å². The molecule has 6 heteroatoms. The predicted molar refractivity (Wildman–Crippen MR) is 76.9 cm³/mol. The summed E-state index contributed by atoms with van der Waals surface area (Å²) < 4.78 is 7.07. The van der Waals surface area contributed by atoms with Crippen molar-refractivity contribution in [2.45, 2.75) is 13.0 Å². The van der Waals surface area contributed by atoms with Crippen molar-refractivity contribution in [1.29, 1.82) is 0 Å². The molecule has 0 saturated heterocycles. The van der Waals surface area contributed by atoms with E-state index in [4.69, 9.17) is 4.74 Å². The van der Waals surface area contributed by atoms with Crippen molar-refractivity contribution in [2.24, 2.45) is 0 Å². The predicted octanol–water partition coefficient (Wildman–Crippen LogP) is 2.10. The number of benzene rings is 1. The summed E-state index contributed by atoms with van der Waals surface area (Å²) in [6, 6.07) is 7.02. The molecule has 0 bridgehead atoms. The highest BCUT2D eigenvalue weighted by molar-refractivity contribution is 5.89. The van der Waals surface area contributed by atoms with Crippen molar-refractivity contribution in [1.82, 2.24) is 14.9 Å². The zero-order valence-corrected chi connectivity index (χ0v) is 11.4. The van der Waals surface area contributed by atoms with E-state index in [-0.39, 0.29) is 6.03 Å². The van der Waals surface area contributed by atoms with Crippen LogP contribution in [0.25, 0.3) is 0 Å². The van der Waals surface area contributed by atoms with Crippen molar-refractivity contribution in [3.8, 4) is 5.75 Å². The van der Waals surface area contributed by atoms with Crippen LogP contribution in [0.1, 0.15) is 6.42 Å². The monoisotopic (exact) mass is 274 g/mol. The summed E-state index contributed by atoms with van der Waals surface area (Å²) in [7, 11) is 1.59. The van der Waals surface area contributed by atoms with E-state index in [0.717, 1.165) is 13.0 Å². The van der Waals surface area contributed by atoms with E-state index >= 15 is 0 Å². The summed E-state index contributed by atoms with van der Waals surface area (Å²) >= 11 is 0. The van der Waals surface area contributed by atoms with Crippen LogP contribution in [-0.2, 0) is 6.54 Å². The second-order valence-corrected chi connectivity index (χ2v) is 4.27.